The standard InChI is InChI=1S/C56H57N/c1-4-6-10-20-41(3)37-45(19-5-2)42-23-17-27-49(34-31-42)57(48-25-13-8-14-26-48)50-28-18-24-43(32-35-50)46-33-36-51-47(38-46)39-55-53-30-16-9-15-29-52(53)54(40-56(51)55)44-21-11-7-12-22-44/h5,8,10-11,13-16,19-23,25-27,29-38,40,52-53H,3-4,6-7,9,12,17-18,24,28,39H2,1-2H3/b19-5-,20-10-,45-37+. The summed E-state index contributed by atoms with van der Waals surface area (Å²) in [5, 5.41) is 0. The van der Waals surface area contributed by atoms with Crippen LogP contribution in [0.15, 0.2) is 215 Å². The highest BCUT2D eigenvalue weighted by atomic mass is 15.2. The fraction of sp³-hybridized carbons (Fsp3) is 0.250. The van der Waals surface area contributed by atoms with E-state index in [9.17, 15) is 0 Å². The number of unbranched alkanes of at least 4 members (excludes halogenated alkanes) is 1. The van der Waals surface area contributed by atoms with Crippen molar-refractivity contribution >= 4 is 16.8 Å². The zero-order valence-corrected chi connectivity index (χ0v) is 34.0. The van der Waals surface area contributed by atoms with Crippen LogP contribution >= 0.6 is 0 Å². The lowest BCUT2D eigenvalue weighted by atomic mass is 9.72. The van der Waals surface area contributed by atoms with Crippen molar-refractivity contribution in [3.63, 3.8) is 0 Å². The fourth-order valence-electron chi connectivity index (χ4n) is 9.26. The van der Waals surface area contributed by atoms with Crippen molar-refractivity contribution in [1.29, 1.82) is 0 Å². The van der Waals surface area contributed by atoms with Crippen molar-refractivity contribution in [2.45, 2.75) is 78.1 Å². The van der Waals surface area contributed by atoms with E-state index in [0.717, 1.165) is 69.8 Å². The molecule has 57 heavy (non-hydrogen) atoms. The van der Waals surface area contributed by atoms with E-state index in [2.05, 4.69) is 189 Å². The Morgan fingerprint density at radius 3 is 2.56 bits per heavy atom. The van der Waals surface area contributed by atoms with Crippen LogP contribution in [0.2, 0.25) is 0 Å². The number of nitrogens with zero attached hydrogens (tertiary/aromatic N) is 1. The van der Waals surface area contributed by atoms with Gasteiger partial charge in [0.1, 0.15) is 0 Å². The van der Waals surface area contributed by atoms with E-state index in [1.54, 1.807) is 5.57 Å². The van der Waals surface area contributed by atoms with Gasteiger partial charge in [-0.1, -0.05) is 153 Å². The van der Waals surface area contributed by atoms with E-state index >= 15 is 0 Å². The predicted octanol–water partition coefficient (Wildman–Crippen LogP) is 15.1. The van der Waals surface area contributed by atoms with E-state index in [1.807, 2.05) is 0 Å². The van der Waals surface area contributed by atoms with Gasteiger partial charge in [0.15, 0.2) is 0 Å². The third-order valence-corrected chi connectivity index (χ3v) is 12.1. The summed E-state index contributed by atoms with van der Waals surface area (Å²) >= 11 is 0. The molecule has 286 valence electrons. The number of allylic oxidation sites excluding steroid dienone is 28. The third kappa shape index (κ3) is 8.54. The molecule has 2 atom stereocenters. The highest BCUT2D eigenvalue weighted by Crippen LogP contribution is 2.50. The number of hydrogen-bond donors (Lipinski definition) is 0. The van der Waals surface area contributed by atoms with E-state index in [0.29, 0.717) is 11.8 Å². The van der Waals surface area contributed by atoms with Crippen molar-refractivity contribution in [1.82, 2.24) is 0 Å². The minimum Gasteiger partial charge on any atom is -0.315 e. The molecule has 0 amide bonds. The van der Waals surface area contributed by atoms with Crippen LogP contribution in [0.1, 0.15) is 88.3 Å². The molecular formula is C56H57N. The number of para-hydroxylation sites is 1. The molecule has 6 aliphatic carbocycles. The molecule has 0 fully saturated rings. The molecular weight excluding hydrogens is 687 g/mol. The summed E-state index contributed by atoms with van der Waals surface area (Å²) in [4.78, 5) is 2.48. The molecule has 2 unspecified atom stereocenters. The van der Waals surface area contributed by atoms with Gasteiger partial charge in [-0.3, -0.25) is 0 Å². The first-order valence-corrected chi connectivity index (χ1v) is 21.4. The summed E-state index contributed by atoms with van der Waals surface area (Å²) in [5.74, 6) is 0.838. The number of hydrogen-bond acceptors (Lipinski definition) is 1. The van der Waals surface area contributed by atoms with E-state index < -0.39 is 0 Å². The molecule has 0 spiro atoms. The Labute approximate surface area is 342 Å². The smallest absolute Gasteiger partial charge is 0.0458 e. The molecule has 8 rings (SSSR count). The van der Waals surface area contributed by atoms with E-state index in [1.165, 1.54) is 67.2 Å². The highest BCUT2D eigenvalue weighted by molar-refractivity contribution is 5.88. The van der Waals surface area contributed by atoms with Crippen molar-refractivity contribution in [2.75, 3.05) is 4.90 Å². The van der Waals surface area contributed by atoms with Crippen molar-refractivity contribution in [3.8, 4) is 0 Å². The van der Waals surface area contributed by atoms with Crippen molar-refractivity contribution in [3.05, 3.63) is 232 Å². The molecule has 1 nitrogen and oxygen atoms in total. The fourth-order valence-corrected chi connectivity index (χ4v) is 9.26. The molecule has 1 heteroatoms. The average molecular weight is 744 g/mol. The van der Waals surface area contributed by atoms with Crippen LogP contribution < -0.4 is 4.90 Å². The van der Waals surface area contributed by atoms with Gasteiger partial charge in [0.05, 0.1) is 0 Å². The maximum absolute atomic E-state index is 4.32. The van der Waals surface area contributed by atoms with E-state index in [-0.39, 0.29) is 0 Å². The first-order valence-electron chi connectivity index (χ1n) is 21.4. The molecule has 0 N–H and O–H groups in total. The Bertz CT molecular complexity index is 2320. The Kier molecular flexibility index (Phi) is 12.1. The van der Waals surface area contributed by atoms with Crippen LogP contribution in [0.4, 0.5) is 5.69 Å². The second kappa shape index (κ2) is 18.1. The van der Waals surface area contributed by atoms with Gasteiger partial charge in [-0.25, -0.2) is 0 Å². The van der Waals surface area contributed by atoms with E-state index in [4.69, 9.17) is 0 Å². The predicted molar refractivity (Wildman–Crippen MR) is 246 cm³/mol. The number of fused-ring (bicyclic) bond motifs is 4. The van der Waals surface area contributed by atoms with Crippen molar-refractivity contribution in [2.24, 2.45) is 11.8 Å². The van der Waals surface area contributed by atoms with Gasteiger partial charge in [-0.15, -0.1) is 0 Å². The zero-order chi connectivity index (χ0) is 39.0. The summed E-state index contributed by atoms with van der Waals surface area (Å²) in [6.45, 7) is 8.61. The summed E-state index contributed by atoms with van der Waals surface area (Å²) in [6.07, 6.45) is 55.0. The van der Waals surface area contributed by atoms with Crippen LogP contribution in [0, 0.1) is 11.8 Å². The van der Waals surface area contributed by atoms with Crippen LogP contribution in [0.5, 0.6) is 0 Å². The van der Waals surface area contributed by atoms with Gasteiger partial charge >= 0.3 is 0 Å². The lowest BCUT2D eigenvalue weighted by Crippen LogP contribution is -2.20. The van der Waals surface area contributed by atoms with Gasteiger partial charge in [-0.2, -0.15) is 0 Å². The highest BCUT2D eigenvalue weighted by Gasteiger charge is 2.36. The maximum atomic E-state index is 4.32. The monoisotopic (exact) mass is 743 g/mol. The SMILES string of the molecule is C=C(/C=C\CCC)/C=C(\C=C/C)C1=CCC=C(N(C2=CC=C(c3ccc4c(c3)CC3=C4C=C(C4=CCCC=C4)C4C=CCC=CC34)CCC2)c2ccccc2)C=C1. The second-order valence-electron chi connectivity index (χ2n) is 16.0. The maximum Gasteiger partial charge on any atom is 0.0458 e. The van der Waals surface area contributed by atoms with Crippen molar-refractivity contribution < 1.29 is 0 Å². The van der Waals surface area contributed by atoms with Gasteiger partial charge in [0, 0.05) is 28.9 Å². The molecule has 0 aliphatic heterocycles. The molecule has 0 bridgehead atoms. The molecule has 0 saturated heterocycles. The topological polar surface area (TPSA) is 3.24 Å². The lowest BCUT2D eigenvalue weighted by Gasteiger charge is -2.31. The lowest BCUT2D eigenvalue weighted by molar-refractivity contribution is 0.601. The third-order valence-electron chi connectivity index (χ3n) is 12.1. The molecule has 2 aromatic rings. The molecule has 6 aliphatic rings. The van der Waals surface area contributed by atoms with Gasteiger partial charge in [0.2, 0.25) is 0 Å². The number of benzene rings is 2. The van der Waals surface area contributed by atoms with Gasteiger partial charge in [-0.05, 0) is 157 Å². The average Bonchev–Trinajstić information content (AvgIpc) is 3.54. The zero-order valence-electron chi connectivity index (χ0n) is 34.0. The molecule has 0 saturated carbocycles. The summed E-state index contributed by atoms with van der Waals surface area (Å²) in [5.41, 5.74) is 18.8. The summed E-state index contributed by atoms with van der Waals surface area (Å²) < 4.78 is 0. The van der Waals surface area contributed by atoms with Crippen LogP contribution in [-0.4, -0.2) is 0 Å². The Hall–Kier alpha value is -5.66. The van der Waals surface area contributed by atoms with Crippen LogP contribution in [-0.2, 0) is 6.42 Å². The first-order chi connectivity index (χ1) is 28.1. The Morgan fingerprint density at radius 2 is 1.74 bits per heavy atom. The normalized spacial score (nSPS) is 21.8. The Morgan fingerprint density at radius 1 is 0.860 bits per heavy atom. The van der Waals surface area contributed by atoms with Gasteiger partial charge < -0.3 is 4.90 Å². The minimum absolute atomic E-state index is 0.413. The van der Waals surface area contributed by atoms with Crippen LogP contribution in [0.25, 0.3) is 11.1 Å². The molecule has 0 radical (unpaired) electrons. The quantitative estimate of drug-likeness (QED) is 0.164. The molecule has 2 aromatic carbocycles. The molecule has 0 heterocycles. The largest absolute Gasteiger partial charge is 0.315 e. The first kappa shape index (κ1) is 38.2. The summed E-state index contributed by atoms with van der Waals surface area (Å²) in [6, 6.07) is 18.2. The number of anilines is 1. The number of rotatable bonds is 11. The Balaban J connectivity index is 1.07. The molecule has 0 aromatic heterocycles. The summed E-state index contributed by atoms with van der Waals surface area (Å²) in [7, 11) is 0. The second-order valence-corrected chi connectivity index (χ2v) is 16.0. The van der Waals surface area contributed by atoms with Gasteiger partial charge in [0.25, 0.3) is 0 Å². The van der Waals surface area contributed by atoms with Crippen LogP contribution in [0.3, 0.4) is 0 Å². The minimum atomic E-state index is 0.413.